The van der Waals surface area contributed by atoms with Crippen LogP contribution in [-0.2, 0) is 0 Å². The number of likely N-dealkylation sites (tertiary alicyclic amines) is 1. The Bertz CT molecular complexity index is 448. The molecule has 0 aromatic carbocycles. The van der Waals surface area contributed by atoms with E-state index in [2.05, 4.69) is 11.5 Å². The lowest BCUT2D eigenvalue weighted by Crippen LogP contribution is -2.35. The highest BCUT2D eigenvalue weighted by Crippen LogP contribution is 2.25. The summed E-state index contributed by atoms with van der Waals surface area (Å²) in [5.41, 5.74) is 0.371. The monoisotopic (exact) mass is 268 g/mol. The first-order valence-electron chi connectivity index (χ1n) is 6.03. The Hall–Kier alpha value is -1.26. The molecule has 0 atom stereocenters. The van der Waals surface area contributed by atoms with Crippen molar-refractivity contribution in [3.05, 3.63) is 35.6 Å². The Balaban J connectivity index is 1.99. The molecule has 1 fully saturated rings. The van der Waals surface area contributed by atoms with E-state index in [1.165, 1.54) is 0 Å². The molecule has 98 valence electrons. The fourth-order valence-corrected chi connectivity index (χ4v) is 2.66. The van der Waals surface area contributed by atoms with E-state index in [4.69, 9.17) is 16.7 Å². The van der Waals surface area contributed by atoms with Gasteiger partial charge in [-0.3, -0.25) is 4.90 Å². The summed E-state index contributed by atoms with van der Waals surface area (Å²) in [5.74, 6) is -0.864. The maximum atomic E-state index is 11.1. The molecule has 0 radical (unpaired) electrons. The van der Waals surface area contributed by atoms with E-state index >= 15 is 0 Å². The van der Waals surface area contributed by atoms with Crippen LogP contribution >= 0.6 is 11.6 Å². The average molecular weight is 269 g/mol. The van der Waals surface area contributed by atoms with Crippen molar-refractivity contribution < 1.29 is 9.90 Å². The van der Waals surface area contributed by atoms with Gasteiger partial charge in [0.2, 0.25) is 0 Å². The topological polar surface area (TPSA) is 45.5 Å². The molecule has 0 amide bonds. The molecule has 1 saturated heterocycles. The number of hydrogen-bond acceptors (Lipinski definition) is 2. The summed E-state index contributed by atoms with van der Waals surface area (Å²) in [6.45, 7) is 6.26. The summed E-state index contributed by atoms with van der Waals surface area (Å²) in [7, 11) is 0. The van der Waals surface area contributed by atoms with Gasteiger partial charge in [-0.05, 0) is 25.0 Å². The lowest BCUT2D eigenvalue weighted by molar-refractivity contribution is 0.0678. The minimum absolute atomic E-state index is 0.269. The van der Waals surface area contributed by atoms with Crippen LogP contribution in [0.1, 0.15) is 29.4 Å². The smallest absolute Gasteiger partial charge is 0.352 e. The van der Waals surface area contributed by atoms with Crippen LogP contribution in [0.4, 0.5) is 0 Å². The maximum absolute atomic E-state index is 11.1. The van der Waals surface area contributed by atoms with Crippen LogP contribution < -0.4 is 0 Å². The zero-order valence-corrected chi connectivity index (χ0v) is 10.9. The second-order valence-electron chi connectivity index (χ2n) is 4.63. The molecule has 0 saturated carbocycles. The number of carboxylic acid groups (broad SMARTS) is 1. The fraction of sp³-hybridized carbons (Fsp3) is 0.462. The predicted octanol–water partition coefficient (Wildman–Crippen LogP) is 2.58. The average Bonchev–Trinajstić information content (AvgIpc) is 2.78. The van der Waals surface area contributed by atoms with Gasteiger partial charge in [-0.2, -0.15) is 0 Å². The molecule has 5 heteroatoms. The van der Waals surface area contributed by atoms with Crippen molar-refractivity contribution in [1.29, 1.82) is 0 Å². The van der Waals surface area contributed by atoms with Crippen molar-refractivity contribution in [3.8, 4) is 0 Å². The number of aromatic nitrogens is 1. The van der Waals surface area contributed by atoms with Gasteiger partial charge < -0.3 is 9.67 Å². The van der Waals surface area contributed by atoms with Crippen LogP contribution in [0.25, 0.3) is 0 Å². The number of halogens is 1. The summed E-state index contributed by atoms with van der Waals surface area (Å²) in [6.07, 6.45) is 3.74. The van der Waals surface area contributed by atoms with Gasteiger partial charge >= 0.3 is 5.97 Å². The largest absolute Gasteiger partial charge is 0.477 e. The highest BCUT2D eigenvalue weighted by Gasteiger charge is 2.23. The Morgan fingerprint density at radius 3 is 2.72 bits per heavy atom. The van der Waals surface area contributed by atoms with Crippen LogP contribution in [0.2, 0.25) is 0 Å². The Labute approximate surface area is 111 Å². The first-order valence-corrected chi connectivity index (χ1v) is 6.41. The van der Waals surface area contributed by atoms with E-state index in [1.807, 2.05) is 10.8 Å². The standard InChI is InChI=1S/C13H17ClN2O2/c1-10(14)9-15-7-4-11(5-8-15)16-6-2-3-12(16)13(17)18/h2-3,6,11H,1,4-5,7-9H2,(H,17,18). The van der Waals surface area contributed by atoms with E-state index in [0.717, 1.165) is 25.9 Å². The molecule has 4 nitrogen and oxygen atoms in total. The molecule has 18 heavy (non-hydrogen) atoms. The quantitative estimate of drug-likeness (QED) is 0.913. The molecule has 2 rings (SSSR count). The molecule has 0 spiro atoms. The van der Waals surface area contributed by atoms with Crippen LogP contribution in [0.5, 0.6) is 0 Å². The van der Waals surface area contributed by atoms with E-state index in [9.17, 15) is 4.79 Å². The predicted molar refractivity (Wildman–Crippen MR) is 71.1 cm³/mol. The molecular weight excluding hydrogens is 252 g/mol. The van der Waals surface area contributed by atoms with Gasteiger partial charge in [0.1, 0.15) is 5.69 Å². The Kier molecular flexibility index (Phi) is 4.09. The summed E-state index contributed by atoms with van der Waals surface area (Å²) in [4.78, 5) is 13.3. The van der Waals surface area contributed by atoms with Crippen molar-refractivity contribution in [2.45, 2.75) is 18.9 Å². The van der Waals surface area contributed by atoms with Gasteiger partial charge in [0.15, 0.2) is 0 Å². The molecule has 1 aliphatic heterocycles. The zero-order chi connectivity index (χ0) is 13.1. The summed E-state index contributed by atoms with van der Waals surface area (Å²) >= 11 is 5.79. The van der Waals surface area contributed by atoms with Gasteiger partial charge in [0, 0.05) is 36.9 Å². The van der Waals surface area contributed by atoms with Crippen molar-refractivity contribution in [1.82, 2.24) is 9.47 Å². The zero-order valence-electron chi connectivity index (χ0n) is 10.2. The van der Waals surface area contributed by atoms with E-state index in [1.54, 1.807) is 12.1 Å². The molecule has 2 heterocycles. The second kappa shape index (κ2) is 5.59. The fourth-order valence-electron chi connectivity index (χ4n) is 2.49. The van der Waals surface area contributed by atoms with Crippen LogP contribution in [0, 0.1) is 0 Å². The normalized spacial score (nSPS) is 17.8. The van der Waals surface area contributed by atoms with Gasteiger partial charge in [-0.1, -0.05) is 18.2 Å². The SMILES string of the molecule is C=C(Cl)CN1CCC(n2cccc2C(=O)O)CC1. The highest BCUT2D eigenvalue weighted by atomic mass is 35.5. The first-order chi connectivity index (χ1) is 8.58. The van der Waals surface area contributed by atoms with E-state index in [0.29, 0.717) is 17.3 Å². The Morgan fingerprint density at radius 2 is 2.17 bits per heavy atom. The van der Waals surface area contributed by atoms with Gasteiger partial charge in [0.25, 0.3) is 0 Å². The van der Waals surface area contributed by atoms with Crippen molar-refractivity contribution in [3.63, 3.8) is 0 Å². The third-order valence-electron chi connectivity index (χ3n) is 3.34. The number of aromatic carboxylic acids is 1. The minimum Gasteiger partial charge on any atom is -0.477 e. The first kappa shape index (κ1) is 13.2. The number of nitrogens with zero attached hydrogens (tertiary/aromatic N) is 2. The maximum Gasteiger partial charge on any atom is 0.352 e. The van der Waals surface area contributed by atoms with Gasteiger partial charge in [-0.25, -0.2) is 4.79 Å². The number of hydrogen-bond donors (Lipinski definition) is 1. The van der Waals surface area contributed by atoms with Crippen LogP contribution in [0.3, 0.4) is 0 Å². The number of rotatable bonds is 4. The molecule has 0 bridgehead atoms. The van der Waals surface area contributed by atoms with Gasteiger partial charge in [0.05, 0.1) is 0 Å². The third-order valence-corrected chi connectivity index (χ3v) is 3.46. The molecule has 0 unspecified atom stereocenters. The second-order valence-corrected chi connectivity index (χ2v) is 5.16. The summed E-state index contributed by atoms with van der Waals surface area (Å²) in [5, 5.41) is 9.75. The van der Waals surface area contributed by atoms with Crippen molar-refractivity contribution in [2.75, 3.05) is 19.6 Å². The molecule has 1 N–H and O–H groups in total. The number of carbonyl (C=O) groups is 1. The molecule has 1 aromatic heterocycles. The van der Waals surface area contributed by atoms with Crippen molar-refractivity contribution in [2.24, 2.45) is 0 Å². The van der Waals surface area contributed by atoms with Crippen LogP contribution in [-0.4, -0.2) is 40.2 Å². The molecule has 0 aliphatic carbocycles. The summed E-state index contributed by atoms with van der Waals surface area (Å²) < 4.78 is 1.87. The lowest BCUT2D eigenvalue weighted by atomic mass is 10.0. The lowest BCUT2D eigenvalue weighted by Gasteiger charge is -2.33. The molecule has 1 aromatic rings. The number of carboxylic acids is 1. The summed E-state index contributed by atoms with van der Waals surface area (Å²) in [6, 6.07) is 3.71. The third kappa shape index (κ3) is 2.94. The number of piperidine rings is 1. The highest BCUT2D eigenvalue weighted by molar-refractivity contribution is 6.29. The van der Waals surface area contributed by atoms with Gasteiger partial charge in [-0.15, -0.1) is 0 Å². The minimum atomic E-state index is -0.864. The van der Waals surface area contributed by atoms with E-state index < -0.39 is 5.97 Å². The van der Waals surface area contributed by atoms with E-state index in [-0.39, 0.29) is 6.04 Å². The van der Waals surface area contributed by atoms with Crippen LogP contribution in [0.15, 0.2) is 29.9 Å². The Morgan fingerprint density at radius 1 is 1.50 bits per heavy atom. The molecular formula is C13H17ClN2O2. The molecule has 1 aliphatic rings. The van der Waals surface area contributed by atoms with Crippen molar-refractivity contribution >= 4 is 17.6 Å².